The molecule has 2 atom stereocenters. The molecule has 1 aliphatic carbocycles. The molecule has 1 aromatic heterocycles. The fourth-order valence-electron chi connectivity index (χ4n) is 5.17. The Morgan fingerprint density at radius 2 is 1.90 bits per heavy atom. The van der Waals surface area contributed by atoms with Crippen molar-refractivity contribution in [2.24, 2.45) is 0 Å². The molecule has 5 rings (SSSR count). The highest BCUT2D eigenvalue weighted by atomic mass is 35.5. The molecule has 0 bridgehead atoms. The zero-order valence-electron chi connectivity index (χ0n) is 21.9. The Morgan fingerprint density at radius 3 is 2.54 bits per heavy atom. The number of aromatic nitrogens is 1. The lowest BCUT2D eigenvalue weighted by atomic mass is 9.87. The first-order valence-corrected chi connectivity index (χ1v) is 13.3. The number of alkyl halides is 2. The van der Waals surface area contributed by atoms with Crippen molar-refractivity contribution in [3.05, 3.63) is 83.3 Å². The van der Waals surface area contributed by atoms with Gasteiger partial charge in [-0.05, 0) is 42.8 Å². The average molecular weight is 587 g/mol. The van der Waals surface area contributed by atoms with Gasteiger partial charge in [0.05, 0.1) is 13.3 Å². The van der Waals surface area contributed by atoms with E-state index in [9.17, 15) is 27.6 Å². The van der Waals surface area contributed by atoms with E-state index < -0.39 is 54.5 Å². The van der Waals surface area contributed by atoms with Crippen LogP contribution < -0.4 is 19.9 Å². The number of pyridine rings is 1. The zero-order valence-corrected chi connectivity index (χ0v) is 22.7. The Hall–Kier alpha value is -4.12. The number of halogens is 4. The van der Waals surface area contributed by atoms with E-state index >= 15 is 0 Å². The molecule has 12 heteroatoms. The number of carbonyl (C=O) groups is 3. The van der Waals surface area contributed by atoms with Gasteiger partial charge in [-0.1, -0.05) is 35.9 Å². The van der Waals surface area contributed by atoms with E-state index in [1.54, 1.807) is 18.2 Å². The van der Waals surface area contributed by atoms with Crippen LogP contribution in [0.2, 0.25) is 5.02 Å². The predicted molar refractivity (Wildman–Crippen MR) is 145 cm³/mol. The Morgan fingerprint density at radius 1 is 1.15 bits per heavy atom. The van der Waals surface area contributed by atoms with E-state index in [4.69, 9.17) is 16.3 Å². The van der Waals surface area contributed by atoms with Crippen LogP contribution in [0.1, 0.15) is 37.3 Å². The minimum Gasteiger partial charge on any atom is -0.495 e. The molecular formula is C29H26ClF3N4O4. The van der Waals surface area contributed by atoms with Crippen LogP contribution in [0.5, 0.6) is 5.75 Å². The van der Waals surface area contributed by atoms with Gasteiger partial charge in [0.25, 0.3) is 11.8 Å². The second-order valence-corrected chi connectivity index (χ2v) is 10.4. The van der Waals surface area contributed by atoms with Crippen LogP contribution in [0.15, 0.2) is 66.9 Å². The number of amides is 3. The summed E-state index contributed by atoms with van der Waals surface area (Å²) >= 11 is 6.50. The van der Waals surface area contributed by atoms with Crippen LogP contribution in [0, 0.1) is 5.82 Å². The lowest BCUT2D eigenvalue weighted by Crippen LogP contribution is -2.56. The standard InChI is InChI=1S/C29H26ClF3N4O4/c1-41-20-9-11-24(34-16-20)37-23(10-12-25(37)38)28(40)36(19-6-4-5-17(31)13-19)26(21-7-2-3-8-22(21)30)27(39)35-18-14-29(32,33)15-18/h2-9,11,13,16,18,23,26H,10,12,14-15H2,1H3,(H,35,39). The molecule has 1 saturated heterocycles. The first-order valence-electron chi connectivity index (χ1n) is 12.9. The summed E-state index contributed by atoms with van der Waals surface area (Å²) < 4.78 is 46.8. The molecular weight excluding hydrogens is 561 g/mol. The SMILES string of the molecule is COc1ccc(N2C(=O)CCC2C(=O)N(c2cccc(F)c2)C(C(=O)NC2CC(F)(F)C2)c2ccccc2Cl)nc1. The molecule has 2 heterocycles. The Bertz CT molecular complexity index is 1460. The largest absolute Gasteiger partial charge is 0.495 e. The van der Waals surface area contributed by atoms with Crippen molar-refractivity contribution >= 4 is 40.8 Å². The number of nitrogens with zero attached hydrogens (tertiary/aromatic N) is 3. The number of anilines is 2. The second kappa shape index (κ2) is 11.4. The van der Waals surface area contributed by atoms with Gasteiger partial charge in [0.1, 0.15) is 29.5 Å². The van der Waals surface area contributed by atoms with Gasteiger partial charge in [0.2, 0.25) is 11.8 Å². The minimum absolute atomic E-state index is 0.0241. The summed E-state index contributed by atoms with van der Waals surface area (Å²) in [5.74, 6) is -4.76. The van der Waals surface area contributed by atoms with Crippen LogP contribution in [0.25, 0.3) is 0 Å². The van der Waals surface area contributed by atoms with Gasteiger partial charge in [-0.2, -0.15) is 0 Å². The third-order valence-corrected chi connectivity index (χ3v) is 7.51. The fourth-order valence-corrected chi connectivity index (χ4v) is 5.41. The zero-order chi connectivity index (χ0) is 29.3. The molecule has 2 fully saturated rings. The number of carbonyl (C=O) groups excluding carboxylic acids is 3. The van der Waals surface area contributed by atoms with Crippen LogP contribution >= 0.6 is 11.6 Å². The number of hydrogen-bond acceptors (Lipinski definition) is 5. The highest BCUT2D eigenvalue weighted by molar-refractivity contribution is 6.31. The van der Waals surface area contributed by atoms with Crippen molar-refractivity contribution in [2.45, 2.75) is 49.7 Å². The highest BCUT2D eigenvalue weighted by Crippen LogP contribution is 2.40. The van der Waals surface area contributed by atoms with Crippen molar-refractivity contribution in [2.75, 3.05) is 16.9 Å². The van der Waals surface area contributed by atoms with Crippen LogP contribution in [-0.4, -0.2) is 47.8 Å². The molecule has 1 aliphatic heterocycles. The average Bonchev–Trinajstić information content (AvgIpc) is 3.32. The molecule has 0 radical (unpaired) electrons. The lowest BCUT2D eigenvalue weighted by molar-refractivity contribution is -0.133. The van der Waals surface area contributed by atoms with Gasteiger partial charge in [0.15, 0.2) is 0 Å². The molecule has 214 valence electrons. The van der Waals surface area contributed by atoms with E-state index in [0.29, 0.717) is 5.75 Å². The summed E-state index contributed by atoms with van der Waals surface area (Å²) in [5.41, 5.74) is 0.227. The number of hydrogen-bond donors (Lipinski definition) is 1. The molecule has 2 unspecified atom stereocenters. The summed E-state index contributed by atoms with van der Waals surface area (Å²) in [5, 5.41) is 2.74. The highest BCUT2D eigenvalue weighted by Gasteiger charge is 2.48. The van der Waals surface area contributed by atoms with Crippen molar-refractivity contribution < 1.29 is 32.3 Å². The third kappa shape index (κ3) is 5.85. The minimum atomic E-state index is -2.90. The fraction of sp³-hybridized carbons (Fsp3) is 0.310. The monoisotopic (exact) mass is 586 g/mol. The van der Waals surface area contributed by atoms with E-state index in [2.05, 4.69) is 10.3 Å². The normalized spacial score (nSPS) is 18.9. The number of methoxy groups -OCH3 is 1. The van der Waals surface area contributed by atoms with Crippen LogP contribution in [-0.2, 0) is 14.4 Å². The topological polar surface area (TPSA) is 91.8 Å². The molecule has 0 spiro atoms. The summed E-state index contributed by atoms with van der Waals surface area (Å²) in [6.07, 6.45) is 0.442. The van der Waals surface area contributed by atoms with E-state index in [-0.39, 0.29) is 40.8 Å². The summed E-state index contributed by atoms with van der Waals surface area (Å²) in [7, 11) is 1.46. The molecule has 41 heavy (non-hydrogen) atoms. The lowest BCUT2D eigenvalue weighted by Gasteiger charge is -2.39. The number of benzene rings is 2. The smallest absolute Gasteiger partial charge is 0.252 e. The number of ether oxygens (including phenoxy) is 1. The molecule has 3 amide bonds. The van der Waals surface area contributed by atoms with Crippen molar-refractivity contribution in [1.82, 2.24) is 10.3 Å². The quantitative estimate of drug-likeness (QED) is 0.398. The van der Waals surface area contributed by atoms with Gasteiger partial charge in [-0.3, -0.25) is 24.2 Å². The summed E-state index contributed by atoms with van der Waals surface area (Å²) in [6.45, 7) is 0. The molecule has 1 N–H and O–H groups in total. The van der Waals surface area contributed by atoms with Gasteiger partial charge >= 0.3 is 0 Å². The van der Waals surface area contributed by atoms with Gasteiger partial charge in [-0.25, -0.2) is 18.2 Å². The van der Waals surface area contributed by atoms with Crippen LogP contribution in [0.4, 0.5) is 24.7 Å². The molecule has 8 nitrogen and oxygen atoms in total. The third-order valence-electron chi connectivity index (χ3n) is 7.17. The molecule has 2 aliphatic rings. The van der Waals surface area contributed by atoms with Gasteiger partial charge in [0, 0.05) is 41.6 Å². The van der Waals surface area contributed by atoms with Crippen LogP contribution in [0.3, 0.4) is 0 Å². The maximum absolute atomic E-state index is 14.5. The predicted octanol–water partition coefficient (Wildman–Crippen LogP) is 5.07. The van der Waals surface area contributed by atoms with Crippen molar-refractivity contribution in [1.29, 1.82) is 0 Å². The van der Waals surface area contributed by atoms with Gasteiger partial charge in [-0.15, -0.1) is 0 Å². The van der Waals surface area contributed by atoms with E-state index in [1.807, 2.05) is 0 Å². The van der Waals surface area contributed by atoms with Crippen molar-refractivity contribution in [3.8, 4) is 5.75 Å². The molecule has 2 aromatic carbocycles. The number of rotatable bonds is 8. The Kier molecular flexibility index (Phi) is 7.90. The maximum Gasteiger partial charge on any atom is 0.252 e. The maximum atomic E-state index is 14.5. The van der Waals surface area contributed by atoms with Gasteiger partial charge < -0.3 is 10.1 Å². The second-order valence-electron chi connectivity index (χ2n) is 9.96. The first-order chi connectivity index (χ1) is 19.6. The Labute approximate surface area is 239 Å². The summed E-state index contributed by atoms with van der Waals surface area (Å²) in [4.78, 5) is 47.8. The molecule has 3 aromatic rings. The van der Waals surface area contributed by atoms with E-state index in [1.165, 1.54) is 54.6 Å². The molecule has 1 saturated carbocycles. The first kappa shape index (κ1) is 28.4. The van der Waals surface area contributed by atoms with Crippen molar-refractivity contribution in [3.63, 3.8) is 0 Å². The summed E-state index contributed by atoms with van der Waals surface area (Å²) in [6, 6.07) is 11.1. The Balaban J connectivity index is 1.59. The number of nitrogens with one attached hydrogen (secondary N) is 1. The van der Waals surface area contributed by atoms with E-state index in [0.717, 1.165) is 11.0 Å².